The van der Waals surface area contributed by atoms with E-state index in [1.165, 1.54) is 13.0 Å². The van der Waals surface area contributed by atoms with Crippen LogP contribution in [0.4, 0.5) is 21.5 Å². The van der Waals surface area contributed by atoms with Crippen molar-refractivity contribution in [3.63, 3.8) is 0 Å². The fraction of sp³-hybridized carbons (Fsp3) is 0.0667. The highest BCUT2D eigenvalue weighted by molar-refractivity contribution is 7.80. The first-order valence-electron chi connectivity index (χ1n) is 6.20. The van der Waals surface area contributed by atoms with Crippen molar-refractivity contribution in [3.8, 4) is 0 Å². The summed E-state index contributed by atoms with van der Waals surface area (Å²) in [6, 6.07) is 11.6. The van der Waals surface area contributed by atoms with Crippen LogP contribution in [0.3, 0.4) is 0 Å². The molecule has 1 amide bonds. The topological polar surface area (TPSA) is 67.2 Å². The zero-order valence-corrected chi connectivity index (χ0v) is 12.1. The minimum absolute atomic E-state index is 0.0198. The van der Waals surface area contributed by atoms with Crippen LogP contribution in [0.25, 0.3) is 0 Å². The lowest BCUT2D eigenvalue weighted by atomic mass is 10.1. The van der Waals surface area contributed by atoms with Gasteiger partial charge in [-0.1, -0.05) is 24.4 Å². The summed E-state index contributed by atoms with van der Waals surface area (Å²) in [7, 11) is 0. The summed E-state index contributed by atoms with van der Waals surface area (Å²) in [4.78, 5) is 11.0. The molecule has 4 nitrogen and oxygen atoms in total. The quantitative estimate of drug-likeness (QED) is 0.759. The lowest BCUT2D eigenvalue weighted by molar-refractivity contribution is -0.114. The van der Waals surface area contributed by atoms with Gasteiger partial charge in [0.15, 0.2) is 0 Å². The van der Waals surface area contributed by atoms with Crippen molar-refractivity contribution in [1.29, 1.82) is 0 Å². The average Bonchev–Trinajstić information content (AvgIpc) is 2.37. The summed E-state index contributed by atoms with van der Waals surface area (Å²) in [6.45, 7) is 1.43. The molecule has 0 radical (unpaired) electrons. The first kappa shape index (κ1) is 14.9. The summed E-state index contributed by atoms with van der Waals surface area (Å²) in [5, 5.41) is 5.73. The smallest absolute Gasteiger partial charge is 0.221 e. The number of rotatable bonds is 4. The van der Waals surface area contributed by atoms with Gasteiger partial charge < -0.3 is 16.4 Å². The normalized spacial score (nSPS) is 10.0. The number of amides is 1. The van der Waals surface area contributed by atoms with E-state index in [4.69, 9.17) is 18.0 Å². The molecule has 0 fully saturated rings. The van der Waals surface area contributed by atoms with E-state index < -0.39 is 5.82 Å². The second kappa shape index (κ2) is 6.32. The van der Waals surface area contributed by atoms with Crippen LogP contribution in [0.15, 0.2) is 42.5 Å². The van der Waals surface area contributed by atoms with Gasteiger partial charge in [0.05, 0.1) is 11.3 Å². The second-order valence-corrected chi connectivity index (χ2v) is 4.85. The molecule has 6 heteroatoms. The molecule has 4 N–H and O–H groups in total. The number of carbonyl (C=O) groups excluding carboxylic acids is 1. The first-order valence-corrected chi connectivity index (χ1v) is 6.61. The molecule has 0 aliphatic carbocycles. The van der Waals surface area contributed by atoms with Gasteiger partial charge in [0.1, 0.15) is 10.8 Å². The van der Waals surface area contributed by atoms with Crippen LogP contribution in [0, 0.1) is 5.82 Å². The van der Waals surface area contributed by atoms with Crippen molar-refractivity contribution in [2.24, 2.45) is 5.73 Å². The lowest BCUT2D eigenvalue weighted by Crippen LogP contribution is -2.14. The molecule has 2 aromatic carbocycles. The highest BCUT2D eigenvalue weighted by Gasteiger charge is 2.11. The Morgan fingerprint density at radius 1 is 1.19 bits per heavy atom. The largest absolute Gasteiger partial charge is 0.389 e. The zero-order chi connectivity index (χ0) is 15.4. The Morgan fingerprint density at radius 2 is 1.86 bits per heavy atom. The Morgan fingerprint density at radius 3 is 2.52 bits per heavy atom. The van der Waals surface area contributed by atoms with Crippen molar-refractivity contribution >= 4 is 40.2 Å². The first-order chi connectivity index (χ1) is 9.97. The van der Waals surface area contributed by atoms with Gasteiger partial charge in [0.2, 0.25) is 5.91 Å². The van der Waals surface area contributed by atoms with Gasteiger partial charge in [0.25, 0.3) is 0 Å². The van der Waals surface area contributed by atoms with Crippen LogP contribution in [-0.4, -0.2) is 10.9 Å². The number of hydrogen-bond donors (Lipinski definition) is 3. The zero-order valence-electron chi connectivity index (χ0n) is 11.3. The molecule has 0 aliphatic heterocycles. The highest BCUT2D eigenvalue weighted by Crippen LogP contribution is 2.25. The third-order valence-corrected chi connectivity index (χ3v) is 2.93. The number of nitrogens with one attached hydrogen (secondary N) is 2. The van der Waals surface area contributed by atoms with Crippen molar-refractivity contribution < 1.29 is 9.18 Å². The standard InChI is InChI=1S/C15H14FN3OS/c1-9(20)18-10-4-2-5-11(8-10)19-13-7-3-6-12(16)14(13)15(17)21/h2-8,19H,1H3,(H2,17,21)(H,18,20). The second-order valence-electron chi connectivity index (χ2n) is 4.41. The summed E-state index contributed by atoms with van der Waals surface area (Å²) in [6.07, 6.45) is 0. The summed E-state index contributed by atoms with van der Waals surface area (Å²) in [5.74, 6) is -0.646. The average molecular weight is 303 g/mol. The number of carbonyl (C=O) groups is 1. The highest BCUT2D eigenvalue weighted by atomic mass is 32.1. The van der Waals surface area contributed by atoms with E-state index in [1.807, 2.05) is 0 Å². The van der Waals surface area contributed by atoms with Gasteiger partial charge >= 0.3 is 0 Å². The van der Waals surface area contributed by atoms with E-state index in [1.54, 1.807) is 36.4 Å². The Labute approximate surface area is 127 Å². The van der Waals surface area contributed by atoms with Gasteiger partial charge in [-0.25, -0.2) is 4.39 Å². The van der Waals surface area contributed by atoms with Gasteiger partial charge in [-0.15, -0.1) is 0 Å². The predicted molar refractivity (Wildman–Crippen MR) is 86.3 cm³/mol. The van der Waals surface area contributed by atoms with E-state index in [0.29, 0.717) is 17.1 Å². The Kier molecular flexibility index (Phi) is 4.49. The third kappa shape index (κ3) is 3.76. The molecule has 0 bridgehead atoms. The van der Waals surface area contributed by atoms with E-state index in [9.17, 15) is 9.18 Å². The number of nitrogens with two attached hydrogens (primary N) is 1. The van der Waals surface area contributed by atoms with Gasteiger partial charge in [-0.3, -0.25) is 4.79 Å². The Balaban J connectivity index is 2.32. The molecule has 2 aromatic rings. The van der Waals surface area contributed by atoms with Crippen molar-refractivity contribution in [3.05, 3.63) is 53.8 Å². The summed E-state index contributed by atoms with van der Waals surface area (Å²) < 4.78 is 13.8. The minimum Gasteiger partial charge on any atom is -0.389 e. The fourth-order valence-electron chi connectivity index (χ4n) is 1.91. The van der Waals surface area contributed by atoms with Crippen LogP contribution in [0.5, 0.6) is 0 Å². The molecule has 0 aliphatic rings. The third-order valence-electron chi connectivity index (χ3n) is 2.72. The monoisotopic (exact) mass is 303 g/mol. The molecular formula is C15H14FN3OS. The molecular weight excluding hydrogens is 289 g/mol. The van der Waals surface area contributed by atoms with Gasteiger partial charge in [0, 0.05) is 18.3 Å². The van der Waals surface area contributed by atoms with E-state index in [0.717, 1.165) is 0 Å². The maximum Gasteiger partial charge on any atom is 0.221 e. The van der Waals surface area contributed by atoms with Crippen LogP contribution in [0.2, 0.25) is 0 Å². The number of thiocarbonyl (C=S) groups is 1. The van der Waals surface area contributed by atoms with Crippen LogP contribution < -0.4 is 16.4 Å². The Bertz CT molecular complexity index is 703. The maximum atomic E-state index is 13.8. The fourth-order valence-corrected chi connectivity index (χ4v) is 2.12. The van der Waals surface area contributed by atoms with Gasteiger partial charge in [-0.2, -0.15) is 0 Å². The molecule has 0 atom stereocenters. The van der Waals surface area contributed by atoms with E-state index >= 15 is 0 Å². The molecule has 21 heavy (non-hydrogen) atoms. The van der Waals surface area contributed by atoms with E-state index in [-0.39, 0.29) is 16.5 Å². The summed E-state index contributed by atoms with van der Waals surface area (Å²) in [5.41, 5.74) is 7.52. The van der Waals surface area contributed by atoms with E-state index in [2.05, 4.69) is 10.6 Å². The molecule has 0 heterocycles. The predicted octanol–water partition coefficient (Wildman–Crippen LogP) is 3.16. The number of halogens is 1. The molecule has 0 saturated carbocycles. The lowest BCUT2D eigenvalue weighted by Gasteiger charge is -2.13. The van der Waals surface area contributed by atoms with Crippen LogP contribution in [-0.2, 0) is 4.79 Å². The van der Waals surface area contributed by atoms with Crippen molar-refractivity contribution in [1.82, 2.24) is 0 Å². The van der Waals surface area contributed by atoms with Gasteiger partial charge in [-0.05, 0) is 30.3 Å². The van der Waals surface area contributed by atoms with Crippen LogP contribution in [0.1, 0.15) is 12.5 Å². The number of benzene rings is 2. The molecule has 0 aromatic heterocycles. The van der Waals surface area contributed by atoms with Crippen LogP contribution >= 0.6 is 12.2 Å². The Hall–Kier alpha value is -2.47. The van der Waals surface area contributed by atoms with Crippen molar-refractivity contribution in [2.45, 2.75) is 6.92 Å². The molecule has 2 rings (SSSR count). The number of hydrogen-bond acceptors (Lipinski definition) is 3. The minimum atomic E-state index is -0.481. The molecule has 0 unspecified atom stereocenters. The SMILES string of the molecule is CC(=O)Nc1cccc(Nc2cccc(F)c2C(N)=S)c1. The molecule has 0 saturated heterocycles. The summed E-state index contributed by atoms with van der Waals surface area (Å²) >= 11 is 4.88. The molecule has 108 valence electrons. The molecule has 0 spiro atoms. The maximum absolute atomic E-state index is 13.8. The van der Waals surface area contributed by atoms with Crippen molar-refractivity contribution in [2.75, 3.05) is 10.6 Å². The number of anilines is 3.